The molecule has 1 rings (SSSR count). The van der Waals surface area contributed by atoms with Crippen molar-refractivity contribution < 1.29 is 17.9 Å². The molecule has 0 aromatic heterocycles. The lowest BCUT2D eigenvalue weighted by Crippen LogP contribution is -2.37. The van der Waals surface area contributed by atoms with Crippen molar-refractivity contribution in [2.45, 2.75) is 12.8 Å². The molecule has 1 unspecified atom stereocenters. The SMILES string of the molecule is NC(=S)C(COCc1cccc(Br)c1)C(F)(F)F. The van der Waals surface area contributed by atoms with Gasteiger partial charge < -0.3 is 10.5 Å². The fourth-order valence-corrected chi connectivity index (χ4v) is 1.91. The van der Waals surface area contributed by atoms with Gasteiger partial charge in [0.05, 0.1) is 18.2 Å². The average Bonchev–Trinajstić information content (AvgIpc) is 2.22. The van der Waals surface area contributed by atoms with E-state index in [1.165, 1.54) is 0 Å². The second-order valence-corrected chi connectivity index (χ2v) is 5.03. The molecule has 0 spiro atoms. The fraction of sp³-hybridized carbons (Fsp3) is 0.364. The molecule has 2 N–H and O–H groups in total. The topological polar surface area (TPSA) is 35.2 Å². The predicted octanol–water partition coefficient (Wildman–Crippen LogP) is 3.43. The fourth-order valence-electron chi connectivity index (χ4n) is 1.26. The Kier molecular flexibility index (Phi) is 5.55. The van der Waals surface area contributed by atoms with E-state index in [4.69, 9.17) is 10.5 Å². The summed E-state index contributed by atoms with van der Waals surface area (Å²) in [5, 5.41) is 0. The maximum absolute atomic E-state index is 12.5. The number of hydrogen-bond donors (Lipinski definition) is 1. The summed E-state index contributed by atoms with van der Waals surface area (Å²) in [5.74, 6) is -1.90. The minimum absolute atomic E-state index is 0.0780. The molecule has 7 heteroatoms. The Morgan fingerprint density at radius 2 is 2.11 bits per heavy atom. The lowest BCUT2D eigenvalue weighted by Gasteiger charge is -2.18. The molecular weight excluding hydrogens is 331 g/mol. The molecule has 18 heavy (non-hydrogen) atoms. The zero-order chi connectivity index (χ0) is 13.8. The highest BCUT2D eigenvalue weighted by molar-refractivity contribution is 9.10. The molecule has 0 aliphatic carbocycles. The van der Waals surface area contributed by atoms with Gasteiger partial charge in [-0.25, -0.2) is 0 Å². The molecule has 0 aliphatic rings. The first kappa shape index (κ1) is 15.4. The molecule has 1 aromatic rings. The summed E-state index contributed by atoms with van der Waals surface area (Å²) < 4.78 is 43.4. The van der Waals surface area contributed by atoms with E-state index >= 15 is 0 Å². The molecule has 0 amide bonds. The summed E-state index contributed by atoms with van der Waals surface area (Å²) in [5.41, 5.74) is 5.82. The lowest BCUT2D eigenvalue weighted by molar-refractivity contribution is -0.168. The van der Waals surface area contributed by atoms with E-state index in [2.05, 4.69) is 28.1 Å². The van der Waals surface area contributed by atoms with Crippen molar-refractivity contribution in [1.29, 1.82) is 0 Å². The van der Waals surface area contributed by atoms with Crippen LogP contribution in [0, 0.1) is 5.92 Å². The Morgan fingerprint density at radius 3 is 2.61 bits per heavy atom. The van der Waals surface area contributed by atoms with Gasteiger partial charge in [0.15, 0.2) is 0 Å². The van der Waals surface area contributed by atoms with Gasteiger partial charge in [0.25, 0.3) is 0 Å². The molecule has 0 bridgehead atoms. The van der Waals surface area contributed by atoms with Crippen molar-refractivity contribution in [3.05, 3.63) is 34.3 Å². The largest absolute Gasteiger partial charge is 0.400 e. The Hall–Kier alpha value is -0.660. The molecule has 0 saturated heterocycles. The van der Waals surface area contributed by atoms with Gasteiger partial charge in [0.1, 0.15) is 5.92 Å². The summed E-state index contributed by atoms with van der Waals surface area (Å²) in [6, 6.07) is 7.12. The maximum Gasteiger partial charge on any atom is 0.400 e. The molecular formula is C11H11BrF3NOS. The number of ether oxygens (including phenoxy) is 1. The van der Waals surface area contributed by atoms with E-state index < -0.39 is 23.7 Å². The minimum atomic E-state index is -4.47. The third-order valence-electron chi connectivity index (χ3n) is 2.18. The van der Waals surface area contributed by atoms with Crippen molar-refractivity contribution in [3.63, 3.8) is 0 Å². The first-order valence-corrected chi connectivity index (χ1v) is 6.19. The van der Waals surface area contributed by atoms with E-state index in [-0.39, 0.29) is 6.61 Å². The van der Waals surface area contributed by atoms with Gasteiger partial charge in [-0.2, -0.15) is 13.2 Å². The van der Waals surface area contributed by atoms with Gasteiger partial charge in [0.2, 0.25) is 0 Å². The number of thiocarbonyl (C=S) groups is 1. The molecule has 100 valence electrons. The molecule has 1 aromatic carbocycles. The second kappa shape index (κ2) is 6.49. The van der Waals surface area contributed by atoms with E-state index in [0.29, 0.717) is 0 Å². The van der Waals surface area contributed by atoms with E-state index in [9.17, 15) is 13.2 Å². The van der Waals surface area contributed by atoms with Crippen LogP contribution in [0.15, 0.2) is 28.7 Å². The quantitative estimate of drug-likeness (QED) is 0.833. The molecule has 0 fully saturated rings. The normalized spacial score (nSPS) is 13.3. The lowest BCUT2D eigenvalue weighted by atomic mass is 10.1. The first-order valence-electron chi connectivity index (χ1n) is 4.99. The highest BCUT2D eigenvalue weighted by atomic mass is 79.9. The highest BCUT2D eigenvalue weighted by Gasteiger charge is 2.41. The van der Waals surface area contributed by atoms with Crippen molar-refractivity contribution in [1.82, 2.24) is 0 Å². The van der Waals surface area contributed by atoms with E-state index in [1.807, 2.05) is 6.07 Å². The van der Waals surface area contributed by atoms with Crippen molar-refractivity contribution in [2.24, 2.45) is 11.7 Å². The number of hydrogen-bond acceptors (Lipinski definition) is 2. The Morgan fingerprint density at radius 1 is 1.44 bits per heavy atom. The maximum atomic E-state index is 12.5. The third kappa shape index (κ3) is 4.91. The number of nitrogens with two attached hydrogens (primary N) is 1. The van der Waals surface area contributed by atoms with E-state index in [0.717, 1.165) is 10.0 Å². The monoisotopic (exact) mass is 341 g/mol. The summed E-state index contributed by atoms with van der Waals surface area (Å²) in [7, 11) is 0. The minimum Gasteiger partial charge on any atom is -0.393 e. The number of alkyl halides is 3. The van der Waals surface area contributed by atoms with E-state index in [1.54, 1.807) is 18.2 Å². The summed E-state index contributed by atoms with van der Waals surface area (Å²) >= 11 is 7.65. The average molecular weight is 342 g/mol. The Bertz CT molecular complexity index is 425. The number of benzene rings is 1. The number of rotatable bonds is 5. The van der Waals surface area contributed by atoms with Gasteiger partial charge in [-0.15, -0.1) is 0 Å². The standard InChI is InChI=1S/C11H11BrF3NOS/c12-8-3-1-2-7(4-8)5-17-6-9(10(16)18)11(13,14)15/h1-4,9H,5-6H2,(H2,16,18). The van der Waals surface area contributed by atoms with Gasteiger partial charge in [-0.05, 0) is 17.7 Å². The van der Waals surface area contributed by atoms with Gasteiger partial charge >= 0.3 is 6.18 Å². The first-order chi connectivity index (χ1) is 8.30. The predicted molar refractivity (Wildman–Crippen MR) is 70.1 cm³/mol. The van der Waals surface area contributed by atoms with Crippen LogP contribution in [0.25, 0.3) is 0 Å². The van der Waals surface area contributed by atoms with Crippen molar-refractivity contribution in [2.75, 3.05) is 6.61 Å². The molecule has 0 heterocycles. The smallest absolute Gasteiger partial charge is 0.393 e. The van der Waals surface area contributed by atoms with Crippen LogP contribution < -0.4 is 5.73 Å². The van der Waals surface area contributed by atoms with Crippen molar-refractivity contribution >= 4 is 33.1 Å². The van der Waals surface area contributed by atoms with Crippen LogP contribution in [0.2, 0.25) is 0 Å². The molecule has 0 radical (unpaired) electrons. The van der Waals surface area contributed by atoms with Gasteiger partial charge in [0, 0.05) is 4.47 Å². The van der Waals surface area contributed by atoms with Crippen LogP contribution in [0.3, 0.4) is 0 Å². The van der Waals surface area contributed by atoms with Gasteiger partial charge in [-0.1, -0.05) is 40.3 Å². The van der Waals surface area contributed by atoms with Crippen LogP contribution >= 0.6 is 28.1 Å². The van der Waals surface area contributed by atoms with Crippen LogP contribution in [-0.2, 0) is 11.3 Å². The zero-order valence-electron chi connectivity index (χ0n) is 9.21. The Labute approximate surface area is 116 Å². The van der Waals surface area contributed by atoms with Gasteiger partial charge in [-0.3, -0.25) is 0 Å². The second-order valence-electron chi connectivity index (χ2n) is 3.64. The van der Waals surface area contributed by atoms with Crippen LogP contribution in [-0.4, -0.2) is 17.8 Å². The van der Waals surface area contributed by atoms with Crippen LogP contribution in [0.4, 0.5) is 13.2 Å². The molecule has 0 saturated carbocycles. The van der Waals surface area contributed by atoms with Crippen molar-refractivity contribution in [3.8, 4) is 0 Å². The third-order valence-corrected chi connectivity index (χ3v) is 2.96. The summed E-state index contributed by atoms with van der Waals surface area (Å²) in [6.45, 7) is -0.486. The molecule has 0 aliphatic heterocycles. The molecule has 1 atom stereocenters. The molecule has 2 nitrogen and oxygen atoms in total. The number of halogens is 4. The Balaban J connectivity index is 2.52. The summed E-state index contributed by atoms with van der Waals surface area (Å²) in [6.07, 6.45) is -4.47. The van der Waals surface area contributed by atoms with Crippen LogP contribution in [0.5, 0.6) is 0 Å². The summed E-state index contributed by atoms with van der Waals surface area (Å²) in [4.78, 5) is -0.600. The highest BCUT2D eigenvalue weighted by Crippen LogP contribution is 2.27. The zero-order valence-corrected chi connectivity index (χ0v) is 11.6. The van der Waals surface area contributed by atoms with Crippen LogP contribution in [0.1, 0.15) is 5.56 Å².